The van der Waals surface area contributed by atoms with Crippen molar-refractivity contribution in [2.75, 3.05) is 7.11 Å². The molecule has 1 aromatic carbocycles. The first-order chi connectivity index (χ1) is 10.0. The van der Waals surface area contributed by atoms with Crippen LogP contribution in [0.2, 0.25) is 0 Å². The van der Waals surface area contributed by atoms with Crippen molar-refractivity contribution in [3.8, 4) is 0 Å². The number of carbonyl (C=O) groups is 1. The molecule has 0 aliphatic heterocycles. The lowest BCUT2D eigenvalue weighted by atomic mass is 10.0. The van der Waals surface area contributed by atoms with Crippen LogP contribution in [0.25, 0.3) is 0 Å². The molecule has 0 fully saturated rings. The molecule has 0 radical (unpaired) electrons. The first kappa shape index (κ1) is 18.6. The lowest BCUT2D eigenvalue weighted by Crippen LogP contribution is -2.33. The zero-order valence-corrected chi connectivity index (χ0v) is 12.0. The quantitative estimate of drug-likeness (QED) is 0.410. The van der Waals surface area contributed by atoms with Crippen molar-refractivity contribution in [3.63, 3.8) is 0 Å². The van der Waals surface area contributed by atoms with Crippen molar-refractivity contribution >= 4 is 13.6 Å². The Morgan fingerprint density at radius 2 is 1.59 bits per heavy atom. The Balaban J connectivity index is 3.38. The minimum Gasteiger partial charge on any atom is -0.480 e. The highest BCUT2D eigenvalue weighted by Gasteiger charge is 2.31. The molecule has 1 unspecified atom stereocenters. The molecule has 2 atom stereocenters. The van der Waals surface area contributed by atoms with E-state index in [-0.39, 0.29) is 0 Å². The number of hydrogen-bond donors (Lipinski definition) is 3. The fourth-order valence-electron chi connectivity index (χ4n) is 1.61. The normalized spacial score (nSPS) is 15.4. The molecular formula is C11H12F4NO5P. The Morgan fingerprint density at radius 1 is 1.18 bits per heavy atom. The van der Waals surface area contributed by atoms with Crippen LogP contribution in [-0.4, -0.2) is 29.1 Å². The van der Waals surface area contributed by atoms with Gasteiger partial charge in [0.25, 0.3) is 0 Å². The van der Waals surface area contributed by atoms with E-state index in [0.29, 0.717) is 0 Å². The molecule has 0 aromatic heterocycles. The van der Waals surface area contributed by atoms with Gasteiger partial charge < -0.3 is 20.3 Å². The monoisotopic (exact) mass is 345 g/mol. The Bertz CT molecular complexity index is 625. The van der Waals surface area contributed by atoms with Gasteiger partial charge in [-0.05, 0) is 0 Å². The molecule has 0 heterocycles. The number of benzene rings is 1. The van der Waals surface area contributed by atoms with Gasteiger partial charge in [0.2, 0.25) is 0 Å². The van der Waals surface area contributed by atoms with Gasteiger partial charge >= 0.3 is 13.6 Å². The highest BCUT2D eigenvalue weighted by atomic mass is 31.2. The van der Waals surface area contributed by atoms with Crippen LogP contribution in [0.5, 0.6) is 0 Å². The van der Waals surface area contributed by atoms with E-state index in [1.54, 1.807) is 0 Å². The number of aliphatic carboxylic acids is 1. The average molecular weight is 345 g/mol. The van der Waals surface area contributed by atoms with Gasteiger partial charge in [0.05, 0.1) is 6.16 Å². The van der Waals surface area contributed by atoms with Gasteiger partial charge in [-0.25, -0.2) is 17.6 Å². The van der Waals surface area contributed by atoms with Gasteiger partial charge in [-0.1, -0.05) is 0 Å². The molecule has 1 rings (SSSR count). The zero-order chi connectivity index (χ0) is 17.2. The predicted octanol–water partition coefficient (Wildman–Crippen LogP) is 1.53. The Morgan fingerprint density at radius 3 is 1.95 bits per heavy atom. The van der Waals surface area contributed by atoms with Crippen molar-refractivity contribution in [2.24, 2.45) is 5.73 Å². The SMILES string of the molecule is COP(=O)(O)Cc1c(F)c(F)c(C[C@H](N)C(=O)O)c(F)c1F. The smallest absolute Gasteiger partial charge is 0.332 e. The first-order valence-electron chi connectivity index (χ1n) is 5.71. The molecule has 4 N–H and O–H groups in total. The Kier molecular flexibility index (Phi) is 5.69. The highest BCUT2D eigenvalue weighted by Crippen LogP contribution is 2.46. The maximum absolute atomic E-state index is 13.8. The molecular weight excluding hydrogens is 333 g/mol. The predicted molar refractivity (Wildman–Crippen MR) is 66.1 cm³/mol. The molecule has 0 bridgehead atoms. The van der Waals surface area contributed by atoms with E-state index in [9.17, 15) is 26.9 Å². The van der Waals surface area contributed by atoms with E-state index in [1.165, 1.54) is 0 Å². The molecule has 22 heavy (non-hydrogen) atoms. The molecule has 124 valence electrons. The van der Waals surface area contributed by atoms with Crippen LogP contribution in [0.15, 0.2) is 0 Å². The van der Waals surface area contributed by atoms with Crippen LogP contribution in [0.1, 0.15) is 11.1 Å². The summed E-state index contributed by atoms with van der Waals surface area (Å²) in [5.74, 6) is -9.18. The molecule has 0 saturated heterocycles. The summed E-state index contributed by atoms with van der Waals surface area (Å²) < 4.78 is 70.4. The van der Waals surface area contributed by atoms with Crippen molar-refractivity contribution in [1.82, 2.24) is 0 Å². The van der Waals surface area contributed by atoms with Crippen molar-refractivity contribution in [3.05, 3.63) is 34.4 Å². The molecule has 6 nitrogen and oxygen atoms in total. The van der Waals surface area contributed by atoms with Crippen LogP contribution in [-0.2, 0) is 26.5 Å². The highest BCUT2D eigenvalue weighted by molar-refractivity contribution is 7.51. The summed E-state index contributed by atoms with van der Waals surface area (Å²) in [7, 11) is -3.70. The van der Waals surface area contributed by atoms with Crippen molar-refractivity contribution < 1.29 is 41.4 Å². The summed E-state index contributed by atoms with van der Waals surface area (Å²) in [4.78, 5) is 19.7. The van der Waals surface area contributed by atoms with Gasteiger partial charge in [0.1, 0.15) is 6.04 Å². The third-order valence-corrected chi connectivity index (χ3v) is 4.12. The molecule has 0 aliphatic rings. The molecule has 0 spiro atoms. The van der Waals surface area contributed by atoms with Crippen molar-refractivity contribution in [1.29, 1.82) is 0 Å². The van der Waals surface area contributed by atoms with Crippen LogP contribution < -0.4 is 5.73 Å². The van der Waals surface area contributed by atoms with Gasteiger partial charge in [-0.15, -0.1) is 0 Å². The number of rotatable bonds is 6. The average Bonchev–Trinajstić information content (AvgIpc) is 2.45. The second kappa shape index (κ2) is 6.74. The number of nitrogens with two attached hydrogens (primary N) is 1. The van der Waals surface area contributed by atoms with Crippen LogP contribution in [0.4, 0.5) is 17.6 Å². The summed E-state index contributed by atoms with van der Waals surface area (Å²) in [6.07, 6.45) is -2.29. The summed E-state index contributed by atoms with van der Waals surface area (Å²) >= 11 is 0. The Labute approximate surface area is 122 Å². The molecule has 0 aliphatic carbocycles. The van der Waals surface area contributed by atoms with Gasteiger partial charge in [-0.3, -0.25) is 9.36 Å². The topological polar surface area (TPSA) is 110 Å². The van der Waals surface area contributed by atoms with Crippen LogP contribution in [0.3, 0.4) is 0 Å². The van der Waals surface area contributed by atoms with E-state index in [4.69, 9.17) is 15.7 Å². The van der Waals surface area contributed by atoms with E-state index >= 15 is 0 Å². The summed E-state index contributed by atoms with van der Waals surface area (Å²) in [6.45, 7) is 0. The second-order valence-corrected chi connectivity index (χ2v) is 6.30. The number of hydrogen-bond acceptors (Lipinski definition) is 4. The summed E-state index contributed by atoms with van der Waals surface area (Å²) in [5.41, 5.74) is 2.56. The zero-order valence-electron chi connectivity index (χ0n) is 11.1. The number of carboxylic acid groups (broad SMARTS) is 1. The van der Waals surface area contributed by atoms with E-state index in [1.807, 2.05) is 0 Å². The standard InChI is InChI=1S/C11H12F4NO5P/c1-21-22(19,20)3-5-9(14)7(12)4(8(13)10(5)15)2-6(16)11(17)18/h6H,2-3,16H2,1H3,(H,17,18)(H,19,20)/t6-/m0/s1. The largest absolute Gasteiger partial charge is 0.480 e. The summed E-state index contributed by atoms with van der Waals surface area (Å²) in [6, 6.07) is -1.78. The molecule has 0 amide bonds. The van der Waals surface area contributed by atoms with Crippen molar-refractivity contribution in [2.45, 2.75) is 18.6 Å². The maximum atomic E-state index is 13.8. The lowest BCUT2D eigenvalue weighted by Gasteiger charge is -2.15. The fourth-order valence-corrected chi connectivity index (χ4v) is 2.42. The number of carboxylic acids is 1. The van der Waals surface area contributed by atoms with E-state index in [2.05, 4.69) is 4.52 Å². The minimum absolute atomic E-state index is 0.781. The van der Waals surface area contributed by atoms with Crippen LogP contribution in [0, 0.1) is 23.3 Å². The minimum atomic E-state index is -4.48. The number of halogens is 4. The van der Waals surface area contributed by atoms with Gasteiger partial charge in [-0.2, -0.15) is 0 Å². The third-order valence-electron chi connectivity index (χ3n) is 2.83. The van der Waals surface area contributed by atoms with E-state index in [0.717, 1.165) is 7.11 Å². The molecule has 0 saturated carbocycles. The third kappa shape index (κ3) is 3.83. The maximum Gasteiger partial charge on any atom is 0.332 e. The first-order valence-corrected chi connectivity index (χ1v) is 7.47. The summed E-state index contributed by atoms with van der Waals surface area (Å²) in [5, 5.41) is 8.56. The van der Waals surface area contributed by atoms with Gasteiger partial charge in [0, 0.05) is 24.7 Å². The molecule has 11 heteroatoms. The van der Waals surface area contributed by atoms with E-state index < -0.39 is 66.6 Å². The fraction of sp³-hybridized carbons (Fsp3) is 0.364. The van der Waals surface area contributed by atoms with Gasteiger partial charge in [0.15, 0.2) is 23.3 Å². The second-order valence-electron chi connectivity index (χ2n) is 4.34. The lowest BCUT2D eigenvalue weighted by molar-refractivity contribution is -0.138. The Hall–Kier alpha value is -1.48. The molecule has 1 aromatic rings. The van der Waals surface area contributed by atoms with Crippen LogP contribution >= 0.6 is 7.60 Å².